The van der Waals surface area contributed by atoms with Gasteiger partial charge in [0.15, 0.2) is 6.61 Å². The highest BCUT2D eigenvalue weighted by Crippen LogP contribution is 2.39. The smallest absolute Gasteiger partial charge is 0.258 e. The molecule has 0 heterocycles. The Balaban J connectivity index is 1.68. The molecule has 2 aromatic rings. The van der Waals surface area contributed by atoms with Gasteiger partial charge in [0.2, 0.25) is 0 Å². The van der Waals surface area contributed by atoms with Gasteiger partial charge >= 0.3 is 0 Å². The van der Waals surface area contributed by atoms with Gasteiger partial charge in [0.05, 0.1) is 5.54 Å². The summed E-state index contributed by atoms with van der Waals surface area (Å²) in [6, 6.07) is 13.5. The largest absolute Gasteiger partial charge is 0.484 e. The number of benzene rings is 2. The van der Waals surface area contributed by atoms with E-state index >= 15 is 0 Å². The highest BCUT2D eigenvalue weighted by molar-refractivity contribution is 6.30. The van der Waals surface area contributed by atoms with E-state index in [1.807, 2.05) is 0 Å². The molecule has 1 aliphatic carbocycles. The highest BCUT2D eigenvalue weighted by atomic mass is 35.5. The quantitative estimate of drug-likeness (QED) is 0.868. The monoisotopic (exact) mass is 347 g/mol. The molecule has 2 aromatic carbocycles. The summed E-state index contributed by atoms with van der Waals surface area (Å²) < 4.78 is 19.7. The van der Waals surface area contributed by atoms with Crippen LogP contribution in [0.5, 0.6) is 5.75 Å². The van der Waals surface area contributed by atoms with Gasteiger partial charge in [0, 0.05) is 10.6 Å². The lowest BCUT2D eigenvalue weighted by Gasteiger charge is -2.31. The molecule has 1 N–H and O–H groups in total. The minimum Gasteiger partial charge on any atom is -0.484 e. The van der Waals surface area contributed by atoms with Crippen molar-refractivity contribution in [3.63, 3.8) is 0 Å². The van der Waals surface area contributed by atoms with Crippen LogP contribution in [0, 0.1) is 5.82 Å². The SMILES string of the molecule is O=C(COc1ccc(Cl)cc1)NC1(c2ccccc2F)CCCC1. The third-order valence-corrected chi connectivity index (χ3v) is 4.66. The summed E-state index contributed by atoms with van der Waals surface area (Å²) in [5.74, 6) is 0.0364. The van der Waals surface area contributed by atoms with Gasteiger partial charge in [-0.15, -0.1) is 0 Å². The van der Waals surface area contributed by atoms with Crippen molar-refractivity contribution in [3.8, 4) is 5.75 Å². The van der Waals surface area contributed by atoms with Gasteiger partial charge < -0.3 is 10.1 Å². The first-order valence-corrected chi connectivity index (χ1v) is 8.41. The summed E-state index contributed by atoms with van der Waals surface area (Å²) in [7, 11) is 0. The molecule has 0 atom stereocenters. The minimum atomic E-state index is -0.633. The molecule has 0 unspecified atom stereocenters. The maximum Gasteiger partial charge on any atom is 0.258 e. The average molecular weight is 348 g/mol. The first-order chi connectivity index (χ1) is 11.6. The fraction of sp³-hybridized carbons (Fsp3) is 0.316. The molecule has 5 heteroatoms. The van der Waals surface area contributed by atoms with Crippen molar-refractivity contribution in [1.82, 2.24) is 5.32 Å². The Morgan fingerprint density at radius 1 is 1.12 bits per heavy atom. The molecule has 0 aliphatic heterocycles. The third kappa shape index (κ3) is 3.70. The third-order valence-electron chi connectivity index (χ3n) is 4.41. The zero-order chi connectivity index (χ0) is 17.0. The number of rotatable bonds is 5. The molecule has 0 saturated heterocycles. The van der Waals surface area contributed by atoms with Crippen LogP contribution in [0.15, 0.2) is 48.5 Å². The Labute approximate surface area is 145 Å². The number of amides is 1. The van der Waals surface area contributed by atoms with Gasteiger partial charge in [0.1, 0.15) is 11.6 Å². The second-order valence-corrected chi connectivity index (χ2v) is 6.50. The first-order valence-electron chi connectivity index (χ1n) is 8.03. The van der Waals surface area contributed by atoms with Gasteiger partial charge in [-0.1, -0.05) is 42.6 Å². The number of nitrogens with one attached hydrogen (secondary N) is 1. The van der Waals surface area contributed by atoms with E-state index in [2.05, 4.69) is 5.32 Å². The fourth-order valence-corrected chi connectivity index (χ4v) is 3.40. The van der Waals surface area contributed by atoms with E-state index in [4.69, 9.17) is 16.3 Å². The molecule has 24 heavy (non-hydrogen) atoms. The van der Waals surface area contributed by atoms with E-state index in [1.54, 1.807) is 42.5 Å². The van der Waals surface area contributed by atoms with E-state index in [9.17, 15) is 9.18 Å². The predicted molar refractivity (Wildman–Crippen MR) is 91.6 cm³/mol. The maximum absolute atomic E-state index is 14.2. The normalized spacial score (nSPS) is 15.9. The summed E-state index contributed by atoms with van der Waals surface area (Å²) in [6.45, 7) is -0.113. The topological polar surface area (TPSA) is 38.3 Å². The van der Waals surface area contributed by atoms with Crippen molar-refractivity contribution in [2.75, 3.05) is 6.61 Å². The number of hydrogen-bond acceptors (Lipinski definition) is 2. The molecule has 126 valence electrons. The van der Waals surface area contributed by atoms with Gasteiger partial charge in [-0.25, -0.2) is 4.39 Å². The van der Waals surface area contributed by atoms with Gasteiger partial charge in [-0.05, 0) is 43.2 Å². The Morgan fingerprint density at radius 3 is 2.46 bits per heavy atom. The average Bonchev–Trinajstić information content (AvgIpc) is 3.04. The van der Waals surface area contributed by atoms with Crippen LogP contribution in [0.1, 0.15) is 31.2 Å². The number of hydrogen-bond donors (Lipinski definition) is 1. The van der Waals surface area contributed by atoms with Crippen molar-refractivity contribution < 1.29 is 13.9 Å². The molecule has 0 aromatic heterocycles. The van der Waals surface area contributed by atoms with Crippen molar-refractivity contribution >= 4 is 17.5 Å². The Kier molecular flexibility index (Phi) is 5.05. The Morgan fingerprint density at radius 2 is 1.79 bits per heavy atom. The van der Waals surface area contributed by atoms with Crippen LogP contribution >= 0.6 is 11.6 Å². The highest BCUT2D eigenvalue weighted by Gasteiger charge is 2.38. The first kappa shape index (κ1) is 16.8. The minimum absolute atomic E-state index is 0.113. The van der Waals surface area contributed by atoms with Crippen LogP contribution in [-0.2, 0) is 10.3 Å². The van der Waals surface area contributed by atoms with Crippen molar-refractivity contribution in [2.45, 2.75) is 31.2 Å². The summed E-state index contributed by atoms with van der Waals surface area (Å²) in [5, 5.41) is 3.61. The van der Waals surface area contributed by atoms with E-state index in [0.717, 1.165) is 25.7 Å². The van der Waals surface area contributed by atoms with Crippen LogP contribution in [0.3, 0.4) is 0 Å². The molecular formula is C19H19ClFNO2. The Bertz CT molecular complexity index is 712. The van der Waals surface area contributed by atoms with Gasteiger partial charge in [-0.2, -0.15) is 0 Å². The molecule has 1 amide bonds. The number of carbonyl (C=O) groups excluding carboxylic acids is 1. The summed E-state index contributed by atoms with van der Waals surface area (Å²) in [4.78, 5) is 12.3. The van der Waals surface area contributed by atoms with Crippen LogP contribution in [0.25, 0.3) is 0 Å². The number of ether oxygens (including phenoxy) is 1. The lowest BCUT2D eigenvalue weighted by molar-refractivity contribution is -0.125. The molecule has 0 bridgehead atoms. The summed E-state index contributed by atoms with van der Waals surface area (Å²) in [6.07, 6.45) is 3.40. The van der Waals surface area contributed by atoms with Crippen molar-refractivity contribution in [3.05, 3.63) is 64.9 Å². The molecule has 1 fully saturated rings. The van der Waals surface area contributed by atoms with Crippen LogP contribution in [0.4, 0.5) is 4.39 Å². The van der Waals surface area contributed by atoms with Crippen LogP contribution in [-0.4, -0.2) is 12.5 Å². The number of carbonyl (C=O) groups is 1. The number of halogens is 2. The molecule has 0 spiro atoms. The van der Waals surface area contributed by atoms with E-state index < -0.39 is 5.54 Å². The molecule has 3 nitrogen and oxygen atoms in total. The van der Waals surface area contributed by atoms with E-state index in [0.29, 0.717) is 16.3 Å². The second kappa shape index (κ2) is 7.22. The van der Waals surface area contributed by atoms with Crippen LogP contribution in [0.2, 0.25) is 5.02 Å². The second-order valence-electron chi connectivity index (χ2n) is 6.06. The van der Waals surface area contributed by atoms with Gasteiger partial charge in [0.25, 0.3) is 5.91 Å². The lowest BCUT2D eigenvalue weighted by atomic mass is 9.87. The maximum atomic E-state index is 14.2. The summed E-state index contributed by atoms with van der Waals surface area (Å²) >= 11 is 5.82. The zero-order valence-corrected chi connectivity index (χ0v) is 14.0. The molecule has 3 rings (SSSR count). The lowest BCUT2D eigenvalue weighted by Crippen LogP contribution is -2.46. The fourth-order valence-electron chi connectivity index (χ4n) is 3.27. The van der Waals surface area contributed by atoms with E-state index in [-0.39, 0.29) is 18.3 Å². The van der Waals surface area contributed by atoms with Crippen molar-refractivity contribution in [2.24, 2.45) is 0 Å². The van der Waals surface area contributed by atoms with Gasteiger partial charge in [-0.3, -0.25) is 4.79 Å². The molecular weight excluding hydrogens is 329 g/mol. The standard InChI is InChI=1S/C19H19ClFNO2/c20-14-7-9-15(10-8-14)24-13-18(23)22-19(11-3-4-12-19)16-5-1-2-6-17(16)21/h1-2,5-10H,3-4,11-13H2,(H,22,23). The Hall–Kier alpha value is -2.07. The predicted octanol–water partition coefficient (Wildman–Crippen LogP) is 4.44. The van der Waals surface area contributed by atoms with Crippen LogP contribution < -0.4 is 10.1 Å². The molecule has 0 radical (unpaired) electrons. The molecule has 1 aliphatic rings. The van der Waals surface area contributed by atoms with Crippen molar-refractivity contribution in [1.29, 1.82) is 0 Å². The zero-order valence-electron chi connectivity index (χ0n) is 13.2. The van der Waals surface area contributed by atoms with E-state index in [1.165, 1.54) is 6.07 Å². The molecule has 1 saturated carbocycles. The summed E-state index contributed by atoms with van der Waals surface area (Å²) in [5.41, 5.74) is -0.0754.